The second-order valence-electron chi connectivity index (χ2n) is 6.11. The van der Waals surface area contributed by atoms with Crippen molar-refractivity contribution in [3.63, 3.8) is 0 Å². The zero-order valence-electron chi connectivity index (χ0n) is 13.1. The second-order valence-corrected chi connectivity index (χ2v) is 6.11. The summed E-state index contributed by atoms with van der Waals surface area (Å²) < 4.78 is 0. The number of carbonyl (C=O) groups is 2. The lowest BCUT2D eigenvalue weighted by atomic mass is 9.96. The van der Waals surface area contributed by atoms with Gasteiger partial charge in [-0.1, -0.05) is 19.9 Å². The van der Waals surface area contributed by atoms with E-state index in [0.29, 0.717) is 13.0 Å². The number of pyridine rings is 1. The van der Waals surface area contributed by atoms with E-state index in [1.165, 1.54) is 0 Å². The van der Waals surface area contributed by atoms with Gasteiger partial charge in [-0.25, -0.2) is 0 Å². The minimum Gasteiger partial charge on any atom is -0.347 e. The van der Waals surface area contributed by atoms with Crippen LogP contribution in [0.3, 0.4) is 0 Å². The monoisotopic (exact) mass is 289 g/mol. The summed E-state index contributed by atoms with van der Waals surface area (Å²) in [6.45, 7) is 6.61. The third-order valence-corrected chi connectivity index (χ3v) is 4.02. The molecule has 5 heteroatoms. The van der Waals surface area contributed by atoms with Gasteiger partial charge in [0.25, 0.3) is 0 Å². The van der Waals surface area contributed by atoms with Gasteiger partial charge in [0, 0.05) is 26.2 Å². The predicted molar refractivity (Wildman–Crippen MR) is 80.4 cm³/mol. The first-order valence-electron chi connectivity index (χ1n) is 7.36. The molecule has 0 spiro atoms. The highest BCUT2D eigenvalue weighted by atomic mass is 16.2. The van der Waals surface area contributed by atoms with Crippen molar-refractivity contribution in [3.8, 4) is 0 Å². The van der Waals surface area contributed by atoms with Gasteiger partial charge in [0.05, 0.1) is 17.7 Å². The van der Waals surface area contributed by atoms with Crippen molar-refractivity contribution in [1.29, 1.82) is 0 Å². The highest BCUT2D eigenvalue weighted by Crippen LogP contribution is 2.24. The molecule has 0 aromatic carbocycles. The fraction of sp³-hybridized carbons (Fsp3) is 0.562. The number of rotatable bonds is 4. The van der Waals surface area contributed by atoms with E-state index in [9.17, 15) is 9.59 Å². The van der Waals surface area contributed by atoms with Crippen molar-refractivity contribution in [2.24, 2.45) is 11.8 Å². The van der Waals surface area contributed by atoms with Gasteiger partial charge in [0.1, 0.15) is 0 Å². The van der Waals surface area contributed by atoms with Crippen molar-refractivity contribution in [3.05, 3.63) is 29.6 Å². The Morgan fingerprint density at radius 2 is 2.19 bits per heavy atom. The van der Waals surface area contributed by atoms with E-state index in [1.54, 1.807) is 18.1 Å². The minimum absolute atomic E-state index is 0.0327. The van der Waals surface area contributed by atoms with Gasteiger partial charge < -0.3 is 10.2 Å². The lowest BCUT2D eigenvalue weighted by Gasteiger charge is -2.24. The normalized spacial score (nSPS) is 20.0. The van der Waals surface area contributed by atoms with Gasteiger partial charge in [-0.2, -0.15) is 0 Å². The molecule has 1 aliphatic heterocycles. The molecule has 1 aromatic rings. The molecule has 0 radical (unpaired) electrons. The second kappa shape index (κ2) is 6.24. The van der Waals surface area contributed by atoms with E-state index < -0.39 is 0 Å². The molecule has 5 nitrogen and oxygen atoms in total. The molecule has 1 N–H and O–H groups in total. The van der Waals surface area contributed by atoms with Crippen LogP contribution < -0.4 is 5.32 Å². The molecule has 21 heavy (non-hydrogen) atoms. The number of aromatic nitrogens is 1. The predicted octanol–water partition coefficient (Wildman–Crippen LogP) is 1.68. The highest BCUT2D eigenvalue weighted by molar-refractivity contribution is 5.89. The smallest absolute Gasteiger partial charge is 0.225 e. The van der Waals surface area contributed by atoms with Crippen LogP contribution in [0.1, 0.15) is 37.6 Å². The Morgan fingerprint density at radius 1 is 1.48 bits per heavy atom. The van der Waals surface area contributed by atoms with Crippen LogP contribution in [0.4, 0.5) is 0 Å². The van der Waals surface area contributed by atoms with Crippen LogP contribution in [0.5, 0.6) is 0 Å². The zero-order valence-corrected chi connectivity index (χ0v) is 13.1. The quantitative estimate of drug-likeness (QED) is 0.917. The summed E-state index contributed by atoms with van der Waals surface area (Å²) in [5, 5.41) is 3.08. The van der Waals surface area contributed by atoms with Crippen LogP contribution >= 0.6 is 0 Å². The number of hydrogen-bond acceptors (Lipinski definition) is 3. The molecular weight excluding hydrogens is 266 g/mol. The maximum Gasteiger partial charge on any atom is 0.225 e. The molecule has 1 saturated heterocycles. The van der Waals surface area contributed by atoms with Crippen LogP contribution in [0.25, 0.3) is 0 Å². The van der Waals surface area contributed by atoms with Gasteiger partial charge in [-0.3, -0.25) is 14.6 Å². The first-order valence-corrected chi connectivity index (χ1v) is 7.36. The van der Waals surface area contributed by atoms with E-state index in [4.69, 9.17) is 0 Å². The summed E-state index contributed by atoms with van der Waals surface area (Å²) in [5.74, 6) is -0.0492. The molecule has 2 unspecified atom stereocenters. The molecule has 1 aliphatic rings. The Morgan fingerprint density at radius 3 is 2.71 bits per heavy atom. The standard InChI is InChI=1S/C16H23N3O2/c1-10(2)14(15-11(3)6-5-7-17-15)18-16(21)12-8-13(20)19(4)9-12/h5-7,10,12,14H,8-9H2,1-4H3,(H,18,21). The average Bonchev–Trinajstić information content (AvgIpc) is 2.76. The summed E-state index contributed by atoms with van der Waals surface area (Å²) in [5.41, 5.74) is 1.97. The molecule has 0 aliphatic carbocycles. The van der Waals surface area contributed by atoms with Crippen LogP contribution in [0.15, 0.2) is 18.3 Å². The molecule has 0 bridgehead atoms. The summed E-state index contributed by atoms with van der Waals surface area (Å²) in [4.78, 5) is 30.0. The van der Waals surface area contributed by atoms with Crippen LogP contribution in [-0.2, 0) is 9.59 Å². The van der Waals surface area contributed by atoms with E-state index in [2.05, 4.69) is 24.1 Å². The first kappa shape index (κ1) is 15.5. The van der Waals surface area contributed by atoms with Crippen LogP contribution in [-0.4, -0.2) is 35.3 Å². The Kier molecular flexibility index (Phi) is 4.60. The Balaban J connectivity index is 2.13. The summed E-state index contributed by atoms with van der Waals surface area (Å²) >= 11 is 0. The molecule has 2 atom stereocenters. The van der Waals surface area contributed by atoms with E-state index in [-0.39, 0.29) is 29.7 Å². The topological polar surface area (TPSA) is 62.3 Å². The number of hydrogen-bond donors (Lipinski definition) is 1. The number of nitrogens with one attached hydrogen (secondary N) is 1. The Hall–Kier alpha value is -1.91. The van der Waals surface area contributed by atoms with E-state index in [0.717, 1.165) is 11.3 Å². The van der Waals surface area contributed by atoms with Gasteiger partial charge in [-0.15, -0.1) is 0 Å². The number of aryl methyl sites for hydroxylation is 1. The highest BCUT2D eigenvalue weighted by Gasteiger charge is 2.34. The third-order valence-electron chi connectivity index (χ3n) is 4.02. The fourth-order valence-corrected chi connectivity index (χ4v) is 2.68. The van der Waals surface area contributed by atoms with Crippen molar-refractivity contribution in [2.45, 2.75) is 33.2 Å². The third kappa shape index (κ3) is 3.40. The van der Waals surface area contributed by atoms with Crippen molar-refractivity contribution in [2.75, 3.05) is 13.6 Å². The van der Waals surface area contributed by atoms with Crippen molar-refractivity contribution < 1.29 is 9.59 Å². The number of nitrogens with zero attached hydrogens (tertiary/aromatic N) is 2. The number of likely N-dealkylation sites (tertiary alicyclic amines) is 1. The SMILES string of the molecule is Cc1cccnc1C(NC(=O)C1CC(=O)N(C)C1)C(C)C. The molecule has 2 amide bonds. The van der Waals surface area contributed by atoms with Gasteiger partial charge in [0.15, 0.2) is 0 Å². The summed E-state index contributed by atoms with van der Waals surface area (Å²) in [6.07, 6.45) is 2.05. The minimum atomic E-state index is -0.257. The summed E-state index contributed by atoms with van der Waals surface area (Å²) in [6, 6.07) is 3.76. The molecule has 0 saturated carbocycles. The van der Waals surface area contributed by atoms with Gasteiger partial charge in [0.2, 0.25) is 11.8 Å². The van der Waals surface area contributed by atoms with Gasteiger partial charge in [-0.05, 0) is 24.5 Å². The van der Waals surface area contributed by atoms with E-state index >= 15 is 0 Å². The van der Waals surface area contributed by atoms with Gasteiger partial charge >= 0.3 is 0 Å². The zero-order chi connectivity index (χ0) is 15.6. The maximum absolute atomic E-state index is 12.4. The van der Waals surface area contributed by atoms with Crippen molar-refractivity contribution in [1.82, 2.24) is 15.2 Å². The summed E-state index contributed by atoms with van der Waals surface area (Å²) in [7, 11) is 1.73. The fourth-order valence-electron chi connectivity index (χ4n) is 2.68. The largest absolute Gasteiger partial charge is 0.347 e. The first-order chi connectivity index (χ1) is 9.90. The Labute approximate surface area is 125 Å². The molecule has 2 heterocycles. The molecule has 114 valence electrons. The lowest BCUT2D eigenvalue weighted by molar-refractivity contribution is -0.128. The van der Waals surface area contributed by atoms with Crippen LogP contribution in [0.2, 0.25) is 0 Å². The number of amides is 2. The van der Waals surface area contributed by atoms with Crippen molar-refractivity contribution >= 4 is 11.8 Å². The average molecular weight is 289 g/mol. The number of carbonyl (C=O) groups excluding carboxylic acids is 2. The lowest BCUT2D eigenvalue weighted by Crippen LogP contribution is -2.37. The molecule has 1 fully saturated rings. The Bertz CT molecular complexity index is 542. The molecule has 2 rings (SSSR count). The molecule has 1 aromatic heterocycles. The molecular formula is C16H23N3O2. The maximum atomic E-state index is 12.4. The van der Waals surface area contributed by atoms with E-state index in [1.807, 2.05) is 19.1 Å². The van der Waals surface area contributed by atoms with Crippen LogP contribution in [0, 0.1) is 18.8 Å².